The van der Waals surface area contributed by atoms with Gasteiger partial charge in [0.15, 0.2) is 10.8 Å². The minimum atomic E-state index is -0.299. The van der Waals surface area contributed by atoms with Gasteiger partial charge in [0.25, 0.3) is 5.91 Å². The van der Waals surface area contributed by atoms with E-state index in [0.717, 1.165) is 42.0 Å². The van der Waals surface area contributed by atoms with E-state index >= 15 is 0 Å². The number of nitrogens with one attached hydrogen (secondary N) is 2. The lowest BCUT2D eigenvalue weighted by Gasteiger charge is -2.31. The molecule has 3 aromatic rings. The summed E-state index contributed by atoms with van der Waals surface area (Å²) < 4.78 is 0. The average Bonchev–Trinajstić information content (AvgIpc) is 3.26. The average molecular weight is 483 g/mol. The van der Waals surface area contributed by atoms with Crippen LogP contribution in [-0.2, 0) is 24.8 Å². The molecule has 5 rings (SSSR count). The van der Waals surface area contributed by atoms with E-state index in [9.17, 15) is 4.79 Å². The number of carbonyl (C=O) groups is 1. The zero-order valence-electron chi connectivity index (χ0n) is 17.4. The Kier molecular flexibility index (Phi) is 6.30. The highest BCUT2D eigenvalue weighted by Crippen LogP contribution is 2.43. The third-order valence-corrected chi connectivity index (χ3v) is 6.55. The fourth-order valence-corrected chi connectivity index (χ4v) is 5.28. The van der Waals surface area contributed by atoms with Crippen molar-refractivity contribution in [3.63, 3.8) is 0 Å². The number of nitrogens with two attached hydrogens (primary N) is 1. The number of nitrogens with zero attached hydrogens (tertiary/aromatic N) is 5. The molecule has 1 aliphatic heterocycles. The molecule has 166 valence electrons. The van der Waals surface area contributed by atoms with Crippen LogP contribution in [0.2, 0.25) is 0 Å². The quantitative estimate of drug-likeness (QED) is 0.512. The molecule has 4 heterocycles. The molecular weight excluding hydrogens is 459 g/mol. The van der Waals surface area contributed by atoms with E-state index in [1.165, 1.54) is 16.2 Å². The Balaban J connectivity index is 0.00000136. The Hall–Kier alpha value is -2.27. The van der Waals surface area contributed by atoms with Crippen molar-refractivity contribution in [2.24, 2.45) is 0 Å². The number of aromatic amines is 1. The molecule has 3 aromatic heterocycles. The predicted molar refractivity (Wildman–Crippen MR) is 125 cm³/mol. The summed E-state index contributed by atoms with van der Waals surface area (Å²) in [6.07, 6.45) is 3.36. The van der Waals surface area contributed by atoms with Crippen molar-refractivity contribution in [3.8, 4) is 11.4 Å². The minimum Gasteiger partial charge on any atom is -0.368 e. The van der Waals surface area contributed by atoms with Gasteiger partial charge in [0.2, 0.25) is 5.95 Å². The molecule has 31 heavy (non-hydrogen) atoms. The predicted octanol–water partition coefficient (Wildman–Crippen LogP) is 2.82. The molecule has 0 atom stereocenters. The summed E-state index contributed by atoms with van der Waals surface area (Å²) in [5.74, 6) is -0.0613. The number of carbonyl (C=O) groups excluding carboxylic acids is 1. The fourth-order valence-electron chi connectivity index (χ4n) is 4.20. The third kappa shape index (κ3) is 4.00. The van der Waals surface area contributed by atoms with E-state index in [1.54, 1.807) is 6.20 Å². The monoisotopic (exact) mass is 482 g/mol. The molecule has 4 N–H and O–H groups in total. The molecule has 2 aliphatic rings. The number of hydrogen-bond donors (Lipinski definition) is 3. The number of fused-ring (bicyclic) bond motifs is 4. The number of rotatable bonds is 2. The van der Waals surface area contributed by atoms with Crippen molar-refractivity contribution < 1.29 is 4.79 Å². The zero-order valence-corrected chi connectivity index (χ0v) is 19.8. The Labute approximate surface area is 196 Å². The summed E-state index contributed by atoms with van der Waals surface area (Å²) in [7, 11) is 2.09. The standard InChI is InChI=1S/C19H22N8OS.2ClH/c1-19(2)6-9-7-21-17(20)23-13(9)14-12(19)15(26-25-14)16(28)24-18-22-10-4-5-27(3)8-11(10)29-18;;/h7H,4-6,8H2,1-3H3,(H,25,26)(H2,20,21,23)(H,22,24,28);2*1H. The van der Waals surface area contributed by atoms with E-state index in [-0.39, 0.29) is 42.1 Å². The molecule has 12 heteroatoms. The van der Waals surface area contributed by atoms with Crippen LogP contribution < -0.4 is 11.1 Å². The highest BCUT2D eigenvalue weighted by molar-refractivity contribution is 7.15. The lowest BCUT2D eigenvalue weighted by atomic mass is 9.73. The number of aromatic nitrogens is 5. The van der Waals surface area contributed by atoms with E-state index < -0.39 is 0 Å². The molecule has 0 unspecified atom stereocenters. The number of hydrogen-bond acceptors (Lipinski definition) is 8. The van der Waals surface area contributed by atoms with Gasteiger partial charge in [0.1, 0.15) is 0 Å². The van der Waals surface area contributed by atoms with E-state index in [0.29, 0.717) is 22.9 Å². The summed E-state index contributed by atoms with van der Waals surface area (Å²) >= 11 is 1.53. The maximum Gasteiger partial charge on any atom is 0.278 e. The molecule has 1 aliphatic carbocycles. The van der Waals surface area contributed by atoms with E-state index in [2.05, 4.69) is 56.3 Å². The Bertz CT molecular complexity index is 1140. The van der Waals surface area contributed by atoms with Crippen molar-refractivity contribution in [2.75, 3.05) is 24.6 Å². The van der Waals surface area contributed by atoms with Gasteiger partial charge in [-0.05, 0) is 24.4 Å². The van der Waals surface area contributed by atoms with Crippen LogP contribution in [0.15, 0.2) is 6.20 Å². The first-order valence-corrected chi connectivity index (χ1v) is 10.3. The number of likely N-dealkylation sites (N-methyl/N-ethyl adjacent to an activating group) is 1. The maximum absolute atomic E-state index is 13.1. The molecule has 0 spiro atoms. The van der Waals surface area contributed by atoms with Gasteiger partial charge in [-0.1, -0.05) is 13.8 Å². The molecule has 1 amide bonds. The third-order valence-electron chi connectivity index (χ3n) is 5.55. The molecular formula is C19H24Cl2N8OS. The van der Waals surface area contributed by atoms with Crippen molar-refractivity contribution in [1.29, 1.82) is 0 Å². The molecule has 0 bridgehead atoms. The second kappa shape index (κ2) is 8.34. The summed E-state index contributed by atoms with van der Waals surface area (Å²) in [6, 6.07) is 0. The van der Waals surface area contributed by atoms with Crippen LogP contribution in [0.5, 0.6) is 0 Å². The van der Waals surface area contributed by atoms with Crippen LogP contribution in [0.4, 0.5) is 11.1 Å². The van der Waals surface area contributed by atoms with Crippen molar-refractivity contribution >= 4 is 53.1 Å². The molecule has 0 saturated carbocycles. The Morgan fingerprint density at radius 3 is 2.87 bits per heavy atom. The smallest absolute Gasteiger partial charge is 0.278 e. The number of anilines is 2. The second-order valence-electron chi connectivity index (χ2n) is 8.32. The van der Waals surface area contributed by atoms with Crippen molar-refractivity contribution in [2.45, 2.75) is 38.6 Å². The van der Waals surface area contributed by atoms with Crippen molar-refractivity contribution in [1.82, 2.24) is 30.0 Å². The van der Waals surface area contributed by atoms with Crippen LogP contribution >= 0.6 is 36.2 Å². The number of halogens is 2. The first-order chi connectivity index (χ1) is 13.8. The number of nitrogen functional groups attached to an aromatic ring is 1. The van der Waals surface area contributed by atoms with Gasteiger partial charge in [-0.2, -0.15) is 5.10 Å². The SMILES string of the molecule is CN1CCc2nc(NC(=O)c3n[nH]c4c3C(C)(C)Cc3cnc(N)nc3-4)sc2C1.Cl.Cl. The van der Waals surface area contributed by atoms with Gasteiger partial charge in [-0.15, -0.1) is 36.2 Å². The number of H-pyrrole nitrogens is 1. The summed E-state index contributed by atoms with van der Waals surface area (Å²) in [6.45, 7) is 6.03. The van der Waals surface area contributed by atoms with Gasteiger partial charge in [0.05, 0.1) is 17.1 Å². The van der Waals surface area contributed by atoms with Crippen LogP contribution in [0, 0.1) is 0 Å². The molecule has 0 saturated heterocycles. The van der Waals surface area contributed by atoms with Gasteiger partial charge in [-0.25, -0.2) is 15.0 Å². The second-order valence-corrected chi connectivity index (χ2v) is 9.40. The minimum absolute atomic E-state index is 0. The van der Waals surface area contributed by atoms with Crippen LogP contribution in [0.1, 0.15) is 46.0 Å². The highest BCUT2D eigenvalue weighted by Gasteiger charge is 2.38. The van der Waals surface area contributed by atoms with E-state index in [1.807, 2.05) is 0 Å². The normalized spacial score (nSPS) is 16.2. The largest absolute Gasteiger partial charge is 0.368 e. The van der Waals surface area contributed by atoms with Gasteiger partial charge < -0.3 is 10.6 Å². The fraction of sp³-hybridized carbons (Fsp3) is 0.421. The first-order valence-electron chi connectivity index (χ1n) is 9.51. The van der Waals surface area contributed by atoms with Gasteiger partial charge in [-0.3, -0.25) is 15.2 Å². The Morgan fingerprint density at radius 2 is 2.10 bits per heavy atom. The summed E-state index contributed by atoms with van der Waals surface area (Å²) in [5, 5.41) is 10.9. The van der Waals surface area contributed by atoms with E-state index in [4.69, 9.17) is 5.73 Å². The number of thiazole rings is 1. The zero-order chi connectivity index (χ0) is 20.3. The van der Waals surface area contributed by atoms with Crippen LogP contribution in [0.3, 0.4) is 0 Å². The molecule has 0 aromatic carbocycles. The molecule has 9 nitrogen and oxygen atoms in total. The van der Waals surface area contributed by atoms with Gasteiger partial charge in [0, 0.05) is 36.1 Å². The summed E-state index contributed by atoms with van der Waals surface area (Å²) in [4.78, 5) is 29.7. The highest BCUT2D eigenvalue weighted by atomic mass is 35.5. The maximum atomic E-state index is 13.1. The lowest BCUT2D eigenvalue weighted by Crippen LogP contribution is -2.29. The topological polar surface area (TPSA) is 126 Å². The summed E-state index contributed by atoms with van der Waals surface area (Å²) in [5.41, 5.74) is 10.2. The molecule has 0 radical (unpaired) electrons. The number of amides is 1. The molecule has 0 fully saturated rings. The Morgan fingerprint density at radius 1 is 1.32 bits per heavy atom. The van der Waals surface area contributed by atoms with Crippen molar-refractivity contribution in [3.05, 3.63) is 33.6 Å². The first kappa shape index (κ1) is 23.4. The van der Waals surface area contributed by atoms with Crippen LogP contribution in [-0.4, -0.2) is 49.5 Å². The van der Waals surface area contributed by atoms with Gasteiger partial charge >= 0.3 is 0 Å². The van der Waals surface area contributed by atoms with Crippen LogP contribution in [0.25, 0.3) is 11.4 Å². The lowest BCUT2D eigenvalue weighted by molar-refractivity contribution is 0.102.